The summed E-state index contributed by atoms with van der Waals surface area (Å²) < 4.78 is 39.1. The number of carbonyl (C=O) groups excluding carboxylic acids is 1. The van der Waals surface area contributed by atoms with E-state index in [1.807, 2.05) is 0 Å². The van der Waals surface area contributed by atoms with Crippen LogP contribution in [0.15, 0.2) is 24.3 Å². The lowest BCUT2D eigenvalue weighted by Gasteiger charge is -2.21. The largest absolute Gasteiger partial charge is 0.418 e. The van der Waals surface area contributed by atoms with Crippen molar-refractivity contribution >= 4 is 11.6 Å². The molecule has 0 spiro atoms. The maximum Gasteiger partial charge on any atom is 0.418 e. The van der Waals surface area contributed by atoms with Crippen LogP contribution in [0.3, 0.4) is 0 Å². The number of carbonyl (C=O) groups is 1. The van der Waals surface area contributed by atoms with Crippen molar-refractivity contribution in [2.75, 3.05) is 11.9 Å². The number of hydrogen-bond donors (Lipinski definition) is 0. The van der Waals surface area contributed by atoms with Gasteiger partial charge in [-0.2, -0.15) is 13.2 Å². The van der Waals surface area contributed by atoms with E-state index in [1.165, 1.54) is 63.8 Å². The Balaban J connectivity index is 2.34. The van der Waals surface area contributed by atoms with E-state index in [4.69, 9.17) is 0 Å². The quantitative estimate of drug-likeness (QED) is 0.409. The van der Waals surface area contributed by atoms with Crippen LogP contribution in [0.4, 0.5) is 18.9 Å². The fraction of sp³-hybridized carbons (Fsp3) is 0.650. The number of halogens is 3. The number of unbranched alkanes of at least 4 members (excludes halogenated alkanes) is 8. The number of nitrogens with zero attached hydrogens (tertiary/aromatic N) is 1. The first-order chi connectivity index (χ1) is 11.9. The Morgan fingerprint density at radius 3 is 2.00 bits per heavy atom. The normalized spacial score (nSPS) is 11.6. The fourth-order valence-corrected chi connectivity index (χ4v) is 2.89. The molecule has 0 radical (unpaired) electrons. The Morgan fingerprint density at radius 1 is 0.920 bits per heavy atom. The highest BCUT2D eigenvalue weighted by atomic mass is 19.4. The molecule has 0 heterocycles. The van der Waals surface area contributed by atoms with Gasteiger partial charge in [-0.3, -0.25) is 4.79 Å². The van der Waals surface area contributed by atoms with E-state index in [-0.39, 0.29) is 11.6 Å². The van der Waals surface area contributed by atoms with Crippen molar-refractivity contribution in [3.8, 4) is 0 Å². The average Bonchev–Trinajstić information content (AvgIpc) is 2.58. The van der Waals surface area contributed by atoms with Crippen LogP contribution in [0.2, 0.25) is 0 Å². The molecule has 0 aromatic heterocycles. The second-order valence-corrected chi connectivity index (χ2v) is 6.55. The van der Waals surface area contributed by atoms with Crippen LogP contribution in [0.5, 0.6) is 0 Å². The molecule has 2 nitrogen and oxygen atoms in total. The van der Waals surface area contributed by atoms with Gasteiger partial charge in [0, 0.05) is 13.5 Å². The molecule has 1 aromatic carbocycles. The van der Waals surface area contributed by atoms with Gasteiger partial charge in [0.1, 0.15) is 0 Å². The van der Waals surface area contributed by atoms with Crippen LogP contribution in [-0.4, -0.2) is 13.0 Å². The molecule has 0 aliphatic rings. The number of rotatable bonds is 11. The van der Waals surface area contributed by atoms with Gasteiger partial charge in [0.25, 0.3) is 0 Å². The van der Waals surface area contributed by atoms with Crippen molar-refractivity contribution < 1.29 is 18.0 Å². The molecule has 0 bridgehead atoms. The number of hydrogen-bond acceptors (Lipinski definition) is 1. The molecule has 0 atom stereocenters. The zero-order valence-corrected chi connectivity index (χ0v) is 15.4. The van der Waals surface area contributed by atoms with Crippen molar-refractivity contribution in [1.82, 2.24) is 0 Å². The molecule has 0 saturated heterocycles. The van der Waals surface area contributed by atoms with Crippen molar-refractivity contribution in [3.05, 3.63) is 29.8 Å². The lowest BCUT2D eigenvalue weighted by molar-refractivity contribution is -0.137. The van der Waals surface area contributed by atoms with E-state index in [0.717, 1.165) is 30.2 Å². The Morgan fingerprint density at radius 2 is 1.44 bits per heavy atom. The van der Waals surface area contributed by atoms with Gasteiger partial charge in [0.2, 0.25) is 5.91 Å². The van der Waals surface area contributed by atoms with Crippen LogP contribution in [0, 0.1) is 0 Å². The first-order valence-electron chi connectivity index (χ1n) is 9.30. The predicted octanol–water partition coefficient (Wildman–Crippen LogP) is 6.59. The van der Waals surface area contributed by atoms with E-state index < -0.39 is 11.7 Å². The summed E-state index contributed by atoms with van der Waals surface area (Å²) in [5, 5.41) is 0. The van der Waals surface area contributed by atoms with Gasteiger partial charge < -0.3 is 4.90 Å². The summed E-state index contributed by atoms with van der Waals surface area (Å²) in [6.45, 7) is 2.20. The highest BCUT2D eigenvalue weighted by molar-refractivity contribution is 5.93. The summed E-state index contributed by atoms with van der Waals surface area (Å²) in [7, 11) is 1.42. The van der Waals surface area contributed by atoms with Crippen molar-refractivity contribution in [2.24, 2.45) is 0 Å². The second kappa shape index (κ2) is 11.2. The van der Waals surface area contributed by atoms with Crippen LogP contribution in [0.1, 0.15) is 76.7 Å². The number of amides is 1. The molecule has 1 rings (SSSR count). The van der Waals surface area contributed by atoms with Gasteiger partial charge in [-0.25, -0.2) is 0 Å². The van der Waals surface area contributed by atoms with E-state index in [0.29, 0.717) is 6.42 Å². The SMILES string of the molecule is CCCCCCCCCCCC(=O)N(C)c1ccccc1C(F)(F)F. The highest BCUT2D eigenvalue weighted by Crippen LogP contribution is 2.36. The maximum absolute atomic E-state index is 13.0. The monoisotopic (exact) mass is 357 g/mol. The van der Waals surface area contributed by atoms with E-state index in [1.54, 1.807) is 0 Å². The predicted molar refractivity (Wildman–Crippen MR) is 96.7 cm³/mol. The molecule has 0 saturated carbocycles. The summed E-state index contributed by atoms with van der Waals surface area (Å²) >= 11 is 0. The van der Waals surface area contributed by atoms with Crippen LogP contribution in [0.25, 0.3) is 0 Å². The van der Waals surface area contributed by atoms with Crippen molar-refractivity contribution in [3.63, 3.8) is 0 Å². The molecular formula is C20H30F3NO. The number of alkyl halides is 3. The Labute approximate surface area is 149 Å². The molecule has 5 heteroatoms. The molecule has 0 aliphatic heterocycles. The van der Waals surface area contributed by atoms with E-state index >= 15 is 0 Å². The summed E-state index contributed by atoms with van der Waals surface area (Å²) in [6, 6.07) is 5.22. The smallest absolute Gasteiger partial charge is 0.315 e. The third-order valence-electron chi connectivity index (χ3n) is 4.44. The minimum Gasteiger partial charge on any atom is -0.315 e. The molecule has 0 fully saturated rings. The minimum absolute atomic E-state index is 0.0732. The zero-order valence-electron chi connectivity index (χ0n) is 15.4. The number of anilines is 1. The molecule has 1 aromatic rings. The van der Waals surface area contributed by atoms with E-state index in [2.05, 4.69) is 6.92 Å². The summed E-state index contributed by atoms with van der Waals surface area (Å²) in [4.78, 5) is 13.3. The van der Waals surface area contributed by atoms with Gasteiger partial charge in [-0.15, -0.1) is 0 Å². The first kappa shape index (κ1) is 21.5. The van der Waals surface area contributed by atoms with Gasteiger partial charge in [0.15, 0.2) is 0 Å². The highest BCUT2D eigenvalue weighted by Gasteiger charge is 2.34. The van der Waals surface area contributed by atoms with Crippen LogP contribution in [-0.2, 0) is 11.0 Å². The Kier molecular flexibility index (Phi) is 9.61. The van der Waals surface area contributed by atoms with Gasteiger partial charge in [0.05, 0.1) is 11.3 Å². The lowest BCUT2D eigenvalue weighted by Crippen LogP contribution is -2.28. The topological polar surface area (TPSA) is 20.3 Å². The van der Waals surface area contributed by atoms with Gasteiger partial charge >= 0.3 is 6.18 Å². The first-order valence-corrected chi connectivity index (χ1v) is 9.30. The molecular weight excluding hydrogens is 327 g/mol. The number of benzene rings is 1. The van der Waals surface area contributed by atoms with Crippen LogP contribution >= 0.6 is 0 Å². The van der Waals surface area contributed by atoms with Gasteiger partial charge in [-0.1, -0.05) is 70.4 Å². The summed E-state index contributed by atoms with van der Waals surface area (Å²) in [5.41, 5.74) is -0.839. The molecule has 142 valence electrons. The van der Waals surface area contributed by atoms with Crippen molar-refractivity contribution in [2.45, 2.75) is 77.3 Å². The third kappa shape index (κ3) is 7.93. The summed E-state index contributed by atoms with van der Waals surface area (Å²) in [5.74, 6) is -0.264. The molecule has 0 unspecified atom stereocenters. The minimum atomic E-state index is -4.46. The summed E-state index contributed by atoms with van der Waals surface area (Å²) in [6.07, 6.45) is 6.09. The Hall–Kier alpha value is -1.52. The van der Waals surface area contributed by atoms with E-state index in [9.17, 15) is 18.0 Å². The molecule has 0 aliphatic carbocycles. The number of para-hydroxylation sites is 1. The maximum atomic E-state index is 13.0. The standard InChI is InChI=1S/C20H30F3NO/c1-3-4-5-6-7-8-9-10-11-16-19(25)24(2)18-15-13-12-14-17(18)20(21,22)23/h12-15H,3-11,16H2,1-2H3. The van der Waals surface area contributed by atoms with Gasteiger partial charge in [-0.05, 0) is 18.6 Å². The zero-order chi connectivity index (χ0) is 18.7. The molecule has 0 N–H and O–H groups in total. The second-order valence-electron chi connectivity index (χ2n) is 6.55. The Bertz CT molecular complexity index is 514. The fourth-order valence-electron chi connectivity index (χ4n) is 2.89. The van der Waals surface area contributed by atoms with Crippen LogP contribution < -0.4 is 4.90 Å². The molecule has 1 amide bonds. The molecule has 25 heavy (non-hydrogen) atoms. The average molecular weight is 357 g/mol. The third-order valence-corrected chi connectivity index (χ3v) is 4.44. The van der Waals surface area contributed by atoms with Crippen molar-refractivity contribution in [1.29, 1.82) is 0 Å². The lowest BCUT2D eigenvalue weighted by atomic mass is 10.1.